The Bertz CT molecular complexity index is 1140. The van der Waals surface area contributed by atoms with Crippen LogP contribution in [0.15, 0.2) is 62.4 Å². The molecule has 24 heavy (non-hydrogen) atoms. The molecule has 0 saturated heterocycles. The number of hydrogen-bond donors (Lipinski definition) is 0. The van der Waals surface area contributed by atoms with Crippen molar-refractivity contribution in [3.05, 3.63) is 59.1 Å². The van der Waals surface area contributed by atoms with Crippen molar-refractivity contribution in [1.29, 1.82) is 0 Å². The van der Waals surface area contributed by atoms with E-state index in [4.69, 9.17) is 18.3 Å². The zero-order valence-corrected chi connectivity index (χ0v) is 12.6. The fourth-order valence-electron chi connectivity index (χ4n) is 3.03. The highest BCUT2D eigenvalue weighted by atomic mass is 16.6. The summed E-state index contributed by atoms with van der Waals surface area (Å²) in [4.78, 5) is 11.4. The molecule has 0 aliphatic carbocycles. The molecule has 0 N–H and O–H groups in total. The predicted octanol–water partition coefficient (Wildman–Crippen LogP) is 3.98. The maximum absolute atomic E-state index is 11.4. The first kappa shape index (κ1) is 13.2. The van der Waals surface area contributed by atoms with E-state index in [0.29, 0.717) is 24.4 Å². The number of benzene rings is 2. The van der Waals surface area contributed by atoms with Crippen molar-refractivity contribution in [3.63, 3.8) is 0 Å². The van der Waals surface area contributed by atoms with E-state index in [2.05, 4.69) is 0 Å². The second-order valence-electron chi connectivity index (χ2n) is 5.65. The molecule has 5 nitrogen and oxygen atoms in total. The third kappa shape index (κ3) is 1.98. The van der Waals surface area contributed by atoms with Gasteiger partial charge in [-0.1, -0.05) is 6.07 Å². The van der Waals surface area contributed by atoms with Crippen LogP contribution in [-0.2, 0) is 0 Å². The van der Waals surface area contributed by atoms with E-state index in [1.165, 1.54) is 6.07 Å². The highest BCUT2D eigenvalue weighted by Crippen LogP contribution is 2.38. The first-order valence-electron chi connectivity index (χ1n) is 7.63. The fraction of sp³-hybridized carbons (Fsp3) is 0.105. The summed E-state index contributed by atoms with van der Waals surface area (Å²) in [7, 11) is 0. The van der Waals surface area contributed by atoms with Crippen LogP contribution in [-0.4, -0.2) is 13.2 Å². The van der Waals surface area contributed by atoms with Gasteiger partial charge in [-0.3, -0.25) is 0 Å². The third-order valence-corrected chi connectivity index (χ3v) is 4.17. The molecular formula is C19H12O5. The molecule has 5 rings (SSSR count). The number of rotatable bonds is 1. The zero-order valence-electron chi connectivity index (χ0n) is 12.6. The molecule has 3 heterocycles. The Hall–Kier alpha value is -3.21. The second kappa shape index (κ2) is 4.89. The van der Waals surface area contributed by atoms with Crippen LogP contribution in [0, 0.1) is 0 Å². The van der Waals surface area contributed by atoms with Crippen molar-refractivity contribution in [3.8, 4) is 22.6 Å². The SMILES string of the molecule is O=c1ccc2cc3c(-c4ccc5c(c4)OCCO5)coc3cc2o1. The minimum atomic E-state index is -0.375. The van der Waals surface area contributed by atoms with E-state index in [1.54, 1.807) is 18.4 Å². The second-order valence-corrected chi connectivity index (χ2v) is 5.65. The molecule has 0 saturated carbocycles. The van der Waals surface area contributed by atoms with Gasteiger partial charge in [-0.25, -0.2) is 4.79 Å². The van der Waals surface area contributed by atoms with E-state index >= 15 is 0 Å². The lowest BCUT2D eigenvalue weighted by Crippen LogP contribution is -2.15. The van der Waals surface area contributed by atoms with Crippen molar-refractivity contribution in [1.82, 2.24) is 0 Å². The highest BCUT2D eigenvalue weighted by Gasteiger charge is 2.15. The summed E-state index contributed by atoms with van der Waals surface area (Å²) < 4.78 is 22.1. The van der Waals surface area contributed by atoms with E-state index < -0.39 is 0 Å². The van der Waals surface area contributed by atoms with Gasteiger partial charge in [-0.2, -0.15) is 0 Å². The molecule has 2 aromatic heterocycles. The van der Waals surface area contributed by atoms with Gasteiger partial charge in [0.1, 0.15) is 24.4 Å². The molecule has 5 heteroatoms. The van der Waals surface area contributed by atoms with Crippen LogP contribution in [0.3, 0.4) is 0 Å². The van der Waals surface area contributed by atoms with Crippen molar-refractivity contribution >= 4 is 21.9 Å². The van der Waals surface area contributed by atoms with E-state index in [-0.39, 0.29) is 5.63 Å². The molecule has 4 aromatic rings. The Morgan fingerprint density at radius 2 is 1.71 bits per heavy atom. The van der Waals surface area contributed by atoms with Crippen molar-refractivity contribution in [2.45, 2.75) is 0 Å². The number of ether oxygens (including phenoxy) is 2. The van der Waals surface area contributed by atoms with Gasteiger partial charge in [0.2, 0.25) is 0 Å². The van der Waals surface area contributed by atoms with E-state index in [0.717, 1.165) is 33.4 Å². The minimum Gasteiger partial charge on any atom is -0.486 e. The molecule has 1 aliphatic rings. The molecule has 0 radical (unpaired) electrons. The quantitative estimate of drug-likeness (QED) is 0.496. The van der Waals surface area contributed by atoms with Crippen molar-refractivity contribution in [2.24, 2.45) is 0 Å². The van der Waals surface area contributed by atoms with Crippen LogP contribution >= 0.6 is 0 Å². The maximum atomic E-state index is 11.4. The van der Waals surface area contributed by atoms with Crippen molar-refractivity contribution < 1.29 is 18.3 Å². The standard InChI is InChI=1S/C19H12O5/c20-19-4-2-12-7-13-14(10-23-17(13)9-16(12)24-19)11-1-3-15-18(8-11)22-6-5-21-15/h1-4,7-10H,5-6H2. The van der Waals surface area contributed by atoms with Crippen molar-refractivity contribution in [2.75, 3.05) is 13.2 Å². The number of fused-ring (bicyclic) bond motifs is 3. The van der Waals surface area contributed by atoms with Crippen LogP contribution in [0.2, 0.25) is 0 Å². The molecular weight excluding hydrogens is 308 g/mol. The van der Waals surface area contributed by atoms with Gasteiger partial charge in [0.15, 0.2) is 11.5 Å². The Balaban J connectivity index is 1.72. The van der Waals surface area contributed by atoms with Gasteiger partial charge < -0.3 is 18.3 Å². The lowest BCUT2D eigenvalue weighted by Gasteiger charge is -2.18. The Labute approximate surface area is 136 Å². The molecule has 0 amide bonds. The van der Waals surface area contributed by atoms with Crippen LogP contribution in [0.5, 0.6) is 11.5 Å². The Morgan fingerprint density at radius 3 is 2.62 bits per heavy atom. The van der Waals surface area contributed by atoms with E-state index in [1.807, 2.05) is 24.3 Å². The summed E-state index contributed by atoms with van der Waals surface area (Å²) in [6, 6.07) is 12.7. The number of hydrogen-bond acceptors (Lipinski definition) is 5. The average Bonchev–Trinajstić information content (AvgIpc) is 3.02. The number of furan rings is 1. The molecule has 0 atom stereocenters. The molecule has 2 aromatic carbocycles. The topological polar surface area (TPSA) is 61.8 Å². The third-order valence-electron chi connectivity index (χ3n) is 4.17. The summed E-state index contributed by atoms with van der Waals surface area (Å²) in [5.41, 5.74) is 2.74. The molecule has 0 fully saturated rings. The zero-order chi connectivity index (χ0) is 16.1. The highest BCUT2D eigenvalue weighted by molar-refractivity contribution is 6.01. The first-order valence-corrected chi connectivity index (χ1v) is 7.63. The fourth-order valence-corrected chi connectivity index (χ4v) is 3.03. The summed E-state index contributed by atoms with van der Waals surface area (Å²) in [5.74, 6) is 1.49. The van der Waals surface area contributed by atoms with Gasteiger partial charge in [-0.05, 0) is 29.8 Å². The van der Waals surface area contributed by atoms with Gasteiger partial charge in [-0.15, -0.1) is 0 Å². The summed E-state index contributed by atoms with van der Waals surface area (Å²) in [6.45, 7) is 1.12. The summed E-state index contributed by atoms with van der Waals surface area (Å²) >= 11 is 0. The van der Waals surface area contributed by atoms with Gasteiger partial charge in [0.25, 0.3) is 0 Å². The molecule has 0 bridgehead atoms. The van der Waals surface area contributed by atoms with Gasteiger partial charge in [0, 0.05) is 28.5 Å². The monoisotopic (exact) mass is 320 g/mol. The smallest absolute Gasteiger partial charge is 0.336 e. The van der Waals surface area contributed by atoms with Crippen LogP contribution in [0.4, 0.5) is 0 Å². The molecule has 0 spiro atoms. The lowest BCUT2D eigenvalue weighted by molar-refractivity contribution is 0.171. The summed E-state index contributed by atoms with van der Waals surface area (Å²) in [6.07, 6.45) is 1.70. The normalized spacial score (nSPS) is 13.5. The Morgan fingerprint density at radius 1 is 0.833 bits per heavy atom. The lowest BCUT2D eigenvalue weighted by atomic mass is 10.0. The van der Waals surface area contributed by atoms with E-state index in [9.17, 15) is 4.79 Å². The maximum Gasteiger partial charge on any atom is 0.336 e. The predicted molar refractivity (Wildman–Crippen MR) is 88.7 cm³/mol. The average molecular weight is 320 g/mol. The molecule has 118 valence electrons. The van der Waals surface area contributed by atoms with Gasteiger partial charge >= 0.3 is 5.63 Å². The largest absolute Gasteiger partial charge is 0.486 e. The van der Waals surface area contributed by atoms with Crippen LogP contribution in [0.1, 0.15) is 0 Å². The summed E-state index contributed by atoms with van der Waals surface area (Å²) in [5, 5.41) is 1.80. The molecule has 0 unspecified atom stereocenters. The minimum absolute atomic E-state index is 0.375. The van der Waals surface area contributed by atoms with Crippen LogP contribution < -0.4 is 15.1 Å². The molecule has 1 aliphatic heterocycles. The first-order chi connectivity index (χ1) is 11.8. The van der Waals surface area contributed by atoms with Crippen LogP contribution in [0.25, 0.3) is 33.1 Å². The van der Waals surface area contributed by atoms with Gasteiger partial charge in [0.05, 0.1) is 6.26 Å². The Kier molecular flexibility index (Phi) is 2.70.